The Labute approximate surface area is 81.5 Å². The van der Waals surface area contributed by atoms with E-state index in [-0.39, 0.29) is 5.75 Å². The monoisotopic (exact) mass is 202 g/mol. The third kappa shape index (κ3) is 2.05. The first kappa shape index (κ1) is 10.2. The molecular weight excluding hydrogens is 192 g/mol. The molecule has 1 aromatic carbocycles. The predicted molar refractivity (Wildman–Crippen MR) is 50.3 cm³/mol. The van der Waals surface area contributed by atoms with Crippen molar-refractivity contribution < 1.29 is 14.9 Å². The number of phenols is 1. The SMILES string of the molecule is COc1cc(C(C)O)c(Cl)cc1O. The van der Waals surface area contributed by atoms with Crippen molar-refractivity contribution >= 4 is 11.6 Å². The van der Waals surface area contributed by atoms with E-state index in [0.717, 1.165) is 0 Å². The number of aliphatic hydroxyl groups excluding tert-OH is 1. The van der Waals surface area contributed by atoms with E-state index in [2.05, 4.69) is 0 Å². The molecule has 0 aliphatic rings. The smallest absolute Gasteiger partial charge is 0.160 e. The van der Waals surface area contributed by atoms with Gasteiger partial charge in [0, 0.05) is 11.6 Å². The van der Waals surface area contributed by atoms with Crippen molar-refractivity contribution in [2.45, 2.75) is 13.0 Å². The van der Waals surface area contributed by atoms with E-state index in [1.807, 2.05) is 0 Å². The summed E-state index contributed by atoms with van der Waals surface area (Å²) in [4.78, 5) is 0. The third-order valence-electron chi connectivity index (χ3n) is 1.75. The largest absolute Gasteiger partial charge is 0.504 e. The van der Waals surface area contributed by atoms with Crippen LogP contribution in [0, 0.1) is 0 Å². The van der Waals surface area contributed by atoms with Crippen LogP contribution in [0.4, 0.5) is 0 Å². The highest BCUT2D eigenvalue weighted by molar-refractivity contribution is 6.31. The van der Waals surface area contributed by atoms with Crippen molar-refractivity contribution in [3.63, 3.8) is 0 Å². The molecule has 1 aromatic rings. The predicted octanol–water partition coefficient (Wildman–Crippen LogP) is 2.11. The van der Waals surface area contributed by atoms with Crippen LogP contribution in [0.2, 0.25) is 5.02 Å². The molecule has 0 bridgehead atoms. The molecule has 0 aromatic heterocycles. The van der Waals surface area contributed by atoms with Crippen molar-refractivity contribution in [2.75, 3.05) is 7.11 Å². The van der Waals surface area contributed by atoms with E-state index in [0.29, 0.717) is 16.3 Å². The van der Waals surface area contributed by atoms with Crippen molar-refractivity contribution in [1.82, 2.24) is 0 Å². The van der Waals surface area contributed by atoms with Crippen LogP contribution in [0.15, 0.2) is 12.1 Å². The van der Waals surface area contributed by atoms with E-state index in [9.17, 15) is 10.2 Å². The van der Waals surface area contributed by atoms with Gasteiger partial charge in [-0.2, -0.15) is 0 Å². The molecule has 0 heterocycles. The molecule has 4 heteroatoms. The fraction of sp³-hybridized carbons (Fsp3) is 0.333. The number of aliphatic hydroxyl groups is 1. The molecule has 0 aliphatic heterocycles. The summed E-state index contributed by atoms with van der Waals surface area (Å²) in [5.41, 5.74) is 0.538. The first-order valence-electron chi connectivity index (χ1n) is 3.80. The number of aromatic hydroxyl groups is 1. The lowest BCUT2D eigenvalue weighted by Crippen LogP contribution is -1.94. The van der Waals surface area contributed by atoms with E-state index < -0.39 is 6.10 Å². The van der Waals surface area contributed by atoms with Crippen LogP contribution in [-0.2, 0) is 0 Å². The number of methoxy groups -OCH3 is 1. The molecule has 3 nitrogen and oxygen atoms in total. The number of hydrogen-bond donors (Lipinski definition) is 2. The molecule has 0 radical (unpaired) electrons. The van der Waals surface area contributed by atoms with Gasteiger partial charge < -0.3 is 14.9 Å². The highest BCUT2D eigenvalue weighted by atomic mass is 35.5. The molecule has 0 saturated heterocycles. The van der Waals surface area contributed by atoms with Gasteiger partial charge >= 0.3 is 0 Å². The first-order chi connectivity index (χ1) is 6.06. The summed E-state index contributed by atoms with van der Waals surface area (Å²) in [5, 5.41) is 18.9. The molecule has 0 fully saturated rings. The first-order valence-corrected chi connectivity index (χ1v) is 4.18. The van der Waals surface area contributed by atoms with Gasteiger partial charge in [0.25, 0.3) is 0 Å². The quantitative estimate of drug-likeness (QED) is 0.772. The van der Waals surface area contributed by atoms with Crippen LogP contribution in [0.1, 0.15) is 18.6 Å². The lowest BCUT2D eigenvalue weighted by molar-refractivity contribution is 0.198. The summed E-state index contributed by atoms with van der Waals surface area (Å²) >= 11 is 5.78. The molecule has 1 unspecified atom stereocenters. The minimum absolute atomic E-state index is 0.0306. The summed E-state index contributed by atoms with van der Waals surface area (Å²) in [6, 6.07) is 2.87. The molecule has 0 aliphatic carbocycles. The highest BCUT2D eigenvalue weighted by Crippen LogP contribution is 2.34. The Kier molecular flexibility index (Phi) is 3.01. The van der Waals surface area contributed by atoms with E-state index >= 15 is 0 Å². The molecule has 0 spiro atoms. The zero-order valence-corrected chi connectivity index (χ0v) is 8.17. The standard InChI is InChI=1S/C9H11ClO3/c1-5(11)6-3-9(13-2)8(12)4-7(6)10/h3-5,11-12H,1-2H3. The van der Waals surface area contributed by atoms with Gasteiger partial charge in [-0.3, -0.25) is 0 Å². The maximum Gasteiger partial charge on any atom is 0.160 e. The second kappa shape index (κ2) is 3.85. The average molecular weight is 203 g/mol. The molecule has 13 heavy (non-hydrogen) atoms. The van der Waals surface area contributed by atoms with E-state index in [4.69, 9.17) is 16.3 Å². The number of halogens is 1. The van der Waals surface area contributed by atoms with Crippen LogP contribution in [0.3, 0.4) is 0 Å². The number of ether oxygens (including phenoxy) is 1. The summed E-state index contributed by atoms with van der Waals surface area (Å²) in [5.74, 6) is 0.275. The van der Waals surface area contributed by atoms with Crippen molar-refractivity contribution in [2.24, 2.45) is 0 Å². The molecule has 2 N–H and O–H groups in total. The molecule has 1 atom stereocenters. The minimum Gasteiger partial charge on any atom is -0.504 e. The molecule has 72 valence electrons. The van der Waals surface area contributed by atoms with Gasteiger partial charge in [-0.15, -0.1) is 0 Å². The number of hydrogen-bond acceptors (Lipinski definition) is 3. The Hall–Kier alpha value is -0.930. The lowest BCUT2D eigenvalue weighted by atomic mass is 10.1. The summed E-state index contributed by atoms with van der Waals surface area (Å²) in [6.45, 7) is 1.59. The Morgan fingerprint density at radius 1 is 1.46 bits per heavy atom. The Bertz CT molecular complexity index is 310. The van der Waals surface area contributed by atoms with Crippen LogP contribution in [0.5, 0.6) is 11.5 Å². The fourth-order valence-corrected chi connectivity index (χ4v) is 1.36. The number of benzene rings is 1. The van der Waals surface area contributed by atoms with Gasteiger partial charge in [0.1, 0.15) is 0 Å². The van der Waals surface area contributed by atoms with Gasteiger partial charge in [0.05, 0.1) is 18.2 Å². The topological polar surface area (TPSA) is 49.7 Å². The Morgan fingerprint density at radius 2 is 2.08 bits per heavy atom. The lowest BCUT2D eigenvalue weighted by Gasteiger charge is -2.10. The van der Waals surface area contributed by atoms with Gasteiger partial charge in [-0.1, -0.05) is 11.6 Å². The highest BCUT2D eigenvalue weighted by Gasteiger charge is 2.11. The van der Waals surface area contributed by atoms with E-state index in [1.165, 1.54) is 19.2 Å². The zero-order valence-electron chi connectivity index (χ0n) is 7.41. The van der Waals surface area contributed by atoms with E-state index in [1.54, 1.807) is 6.92 Å². The molecular formula is C9H11ClO3. The van der Waals surface area contributed by atoms with Crippen molar-refractivity contribution in [3.05, 3.63) is 22.7 Å². The average Bonchev–Trinajstić information content (AvgIpc) is 2.03. The van der Waals surface area contributed by atoms with Gasteiger partial charge in [-0.25, -0.2) is 0 Å². The van der Waals surface area contributed by atoms with Crippen molar-refractivity contribution in [1.29, 1.82) is 0 Å². The minimum atomic E-state index is -0.679. The maximum absolute atomic E-state index is 9.31. The van der Waals surface area contributed by atoms with Gasteiger partial charge in [-0.05, 0) is 13.0 Å². The van der Waals surface area contributed by atoms with Crippen LogP contribution < -0.4 is 4.74 Å². The number of rotatable bonds is 2. The number of phenolic OH excluding ortho intramolecular Hbond substituents is 1. The molecule has 1 rings (SSSR count). The molecule has 0 amide bonds. The van der Waals surface area contributed by atoms with Crippen LogP contribution >= 0.6 is 11.6 Å². The second-order valence-electron chi connectivity index (χ2n) is 2.72. The van der Waals surface area contributed by atoms with Crippen LogP contribution in [-0.4, -0.2) is 17.3 Å². The summed E-state index contributed by atoms with van der Waals surface area (Å²) in [6.07, 6.45) is -0.679. The summed E-state index contributed by atoms with van der Waals surface area (Å²) < 4.78 is 4.87. The zero-order chi connectivity index (χ0) is 10.0. The Morgan fingerprint density at radius 3 is 2.54 bits per heavy atom. The normalized spacial score (nSPS) is 12.6. The summed E-state index contributed by atoms with van der Waals surface area (Å²) in [7, 11) is 1.44. The molecule has 0 saturated carbocycles. The van der Waals surface area contributed by atoms with Crippen molar-refractivity contribution in [3.8, 4) is 11.5 Å². The van der Waals surface area contributed by atoms with Crippen LogP contribution in [0.25, 0.3) is 0 Å². The second-order valence-corrected chi connectivity index (χ2v) is 3.13. The third-order valence-corrected chi connectivity index (χ3v) is 2.08. The van der Waals surface area contributed by atoms with Gasteiger partial charge in [0.2, 0.25) is 0 Å². The van der Waals surface area contributed by atoms with Gasteiger partial charge in [0.15, 0.2) is 11.5 Å². The Balaban J connectivity index is 3.22. The fourth-order valence-electron chi connectivity index (χ4n) is 1.04. The maximum atomic E-state index is 9.31.